The van der Waals surface area contributed by atoms with Crippen molar-refractivity contribution in [3.8, 4) is 10.4 Å². The molecule has 1 aromatic heterocycles. The first-order valence-electron chi connectivity index (χ1n) is 5.10. The fourth-order valence-electron chi connectivity index (χ4n) is 1.55. The highest BCUT2D eigenvalue weighted by Crippen LogP contribution is 2.33. The van der Waals surface area contributed by atoms with E-state index < -0.39 is 5.97 Å². The van der Waals surface area contributed by atoms with Gasteiger partial charge in [0.1, 0.15) is 0 Å². The van der Waals surface area contributed by atoms with E-state index in [-0.39, 0.29) is 5.69 Å². The molecule has 0 aliphatic carbocycles. The van der Waals surface area contributed by atoms with Crippen molar-refractivity contribution in [2.24, 2.45) is 0 Å². The summed E-state index contributed by atoms with van der Waals surface area (Å²) in [7, 11) is 1.73. The number of carboxylic acids is 1. The van der Waals surface area contributed by atoms with Gasteiger partial charge in [-0.25, -0.2) is 9.78 Å². The van der Waals surface area contributed by atoms with Crippen LogP contribution in [0.15, 0.2) is 24.3 Å². The Labute approximate surface area is 103 Å². The van der Waals surface area contributed by atoms with Crippen LogP contribution in [0.1, 0.15) is 16.1 Å². The molecule has 4 nitrogen and oxygen atoms in total. The summed E-state index contributed by atoms with van der Waals surface area (Å²) >= 11 is 1.35. The van der Waals surface area contributed by atoms with E-state index in [2.05, 4.69) is 10.3 Å². The fourth-order valence-corrected chi connectivity index (χ4v) is 2.46. The largest absolute Gasteiger partial charge is 0.476 e. The van der Waals surface area contributed by atoms with Crippen LogP contribution < -0.4 is 5.32 Å². The highest BCUT2D eigenvalue weighted by Gasteiger charge is 2.18. The number of anilines is 1. The molecular weight excluding hydrogens is 236 g/mol. The number of nitrogens with zero attached hydrogens (tertiary/aromatic N) is 1. The SMILES string of the molecule is CNc1nc(C(=O)O)c(-c2cccc(C)c2)s1. The van der Waals surface area contributed by atoms with Crippen LogP contribution in [-0.2, 0) is 0 Å². The zero-order chi connectivity index (χ0) is 12.4. The lowest BCUT2D eigenvalue weighted by atomic mass is 10.1. The van der Waals surface area contributed by atoms with Gasteiger partial charge in [0, 0.05) is 7.05 Å². The zero-order valence-electron chi connectivity index (χ0n) is 9.52. The number of hydrogen-bond acceptors (Lipinski definition) is 4. The summed E-state index contributed by atoms with van der Waals surface area (Å²) in [6, 6.07) is 7.74. The van der Waals surface area contributed by atoms with Crippen LogP contribution in [0.5, 0.6) is 0 Å². The van der Waals surface area contributed by atoms with E-state index in [0.29, 0.717) is 10.0 Å². The highest BCUT2D eigenvalue weighted by atomic mass is 32.1. The number of aryl methyl sites for hydroxylation is 1. The predicted octanol–water partition coefficient (Wildman–Crippen LogP) is 2.86. The van der Waals surface area contributed by atoms with E-state index in [1.807, 2.05) is 31.2 Å². The van der Waals surface area contributed by atoms with Gasteiger partial charge in [-0.05, 0) is 12.5 Å². The number of nitrogens with one attached hydrogen (secondary N) is 1. The summed E-state index contributed by atoms with van der Waals surface area (Å²) in [6.45, 7) is 1.98. The minimum absolute atomic E-state index is 0.102. The predicted molar refractivity (Wildman–Crippen MR) is 68.8 cm³/mol. The molecule has 0 aliphatic heterocycles. The molecule has 0 atom stereocenters. The van der Waals surface area contributed by atoms with Crippen molar-refractivity contribution in [3.63, 3.8) is 0 Å². The lowest BCUT2D eigenvalue weighted by Crippen LogP contribution is -1.99. The summed E-state index contributed by atoms with van der Waals surface area (Å²) in [5.41, 5.74) is 2.09. The summed E-state index contributed by atoms with van der Waals surface area (Å²) in [6.07, 6.45) is 0. The molecule has 0 bridgehead atoms. The molecule has 1 aromatic carbocycles. The van der Waals surface area contributed by atoms with Crippen LogP contribution in [-0.4, -0.2) is 23.1 Å². The van der Waals surface area contributed by atoms with Gasteiger partial charge in [-0.15, -0.1) is 0 Å². The second-order valence-electron chi connectivity index (χ2n) is 3.62. The lowest BCUT2D eigenvalue weighted by Gasteiger charge is -2.00. The Morgan fingerprint density at radius 3 is 2.82 bits per heavy atom. The Balaban J connectivity index is 2.57. The van der Waals surface area contributed by atoms with Crippen molar-refractivity contribution in [3.05, 3.63) is 35.5 Å². The third kappa shape index (κ3) is 2.29. The smallest absolute Gasteiger partial charge is 0.356 e. The van der Waals surface area contributed by atoms with E-state index in [1.54, 1.807) is 7.05 Å². The number of hydrogen-bond donors (Lipinski definition) is 2. The van der Waals surface area contributed by atoms with Gasteiger partial charge in [-0.3, -0.25) is 0 Å². The maximum absolute atomic E-state index is 11.1. The minimum Gasteiger partial charge on any atom is -0.476 e. The van der Waals surface area contributed by atoms with Gasteiger partial charge in [0.25, 0.3) is 0 Å². The van der Waals surface area contributed by atoms with Crippen molar-refractivity contribution in [2.45, 2.75) is 6.92 Å². The first kappa shape index (κ1) is 11.6. The normalized spacial score (nSPS) is 10.2. The summed E-state index contributed by atoms with van der Waals surface area (Å²) < 4.78 is 0. The molecule has 0 aliphatic rings. The van der Waals surface area contributed by atoms with E-state index in [4.69, 9.17) is 5.11 Å². The third-order valence-electron chi connectivity index (χ3n) is 2.32. The Hall–Kier alpha value is -1.88. The van der Waals surface area contributed by atoms with Crippen LogP contribution in [0.4, 0.5) is 5.13 Å². The highest BCUT2D eigenvalue weighted by molar-refractivity contribution is 7.19. The number of rotatable bonds is 3. The van der Waals surface area contributed by atoms with E-state index in [9.17, 15) is 4.79 Å². The van der Waals surface area contributed by atoms with E-state index in [1.165, 1.54) is 11.3 Å². The van der Waals surface area contributed by atoms with Gasteiger partial charge >= 0.3 is 5.97 Å². The van der Waals surface area contributed by atoms with Crippen molar-refractivity contribution in [1.82, 2.24) is 4.98 Å². The Kier molecular flexibility index (Phi) is 3.10. The molecule has 1 heterocycles. The topological polar surface area (TPSA) is 62.2 Å². The van der Waals surface area contributed by atoms with Crippen LogP contribution in [0.25, 0.3) is 10.4 Å². The van der Waals surface area contributed by atoms with Crippen LogP contribution in [0.2, 0.25) is 0 Å². The monoisotopic (exact) mass is 248 g/mol. The summed E-state index contributed by atoms with van der Waals surface area (Å²) in [4.78, 5) is 15.9. The van der Waals surface area contributed by atoms with Crippen molar-refractivity contribution in [2.75, 3.05) is 12.4 Å². The number of carboxylic acid groups (broad SMARTS) is 1. The second kappa shape index (κ2) is 4.55. The quantitative estimate of drug-likeness (QED) is 0.876. The van der Waals surface area contributed by atoms with Gasteiger partial charge in [0.05, 0.1) is 4.88 Å². The summed E-state index contributed by atoms with van der Waals surface area (Å²) in [5.74, 6) is -1.00. The van der Waals surface area contributed by atoms with Crippen molar-refractivity contribution in [1.29, 1.82) is 0 Å². The maximum atomic E-state index is 11.1. The maximum Gasteiger partial charge on any atom is 0.356 e. The third-order valence-corrected chi connectivity index (χ3v) is 3.45. The van der Waals surface area contributed by atoms with E-state index in [0.717, 1.165) is 11.1 Å². The average molecular weight is 248 g/mol. The molecular formula is C12H12N2O2S. The number of aromatic carboxylic acids is 1. The average Bonchev–Trinajstić information content (AvgIpc) is 2.73. The second-order valence-corrected chi connectivity index (χ2v) is 4.62. The molecule has 5 heteroatoms. The molecule has 2 rings (SSSR count). The molecule has 0 amide bonds. The number of thiazole rings is 1. The number of aromatic nitrogens is 1. The van der Waals surface area contributed by atoms with Gasteiger partial charge in [0.2, 0.25) is 0 Å². The van der Waals surface area contributed by atoms with E-state index >= 15 is 0 Å². The molecule has 0 radical (unpaired) electrons. The first-order chi connectivity index (χ1) is 8.11. The van der Waals surface area contributed by atoms with Gasteiger partial charge in [-0.1, -0.05) is 41.2 Å². The molecule has 0 unspecified atom stereocenters. The van der Waals surface area contributed by atoms with Gasteiger partial charge in [0.15, 0.2) is 10.8 Å². The zero-order valence-corrected chi connectivity index (χ0v) is 10.3. The minimum atomic E-state index is -1.00. The van der Waals surface area contributed by atoms with Crippen molar-refractivity contribution < 1.29 is 9.90 Å². The Bertz CT molecular complexity index is 563. The van der Waals surface area contributed by atoms with Crippen molar-refractivity contribution >= 4 is 22.4 Å². The first-order valence-corrected chi connectivity index (χ1v) is 5.92. The molecule has 0 fully saturated rings. The Morgan fingerprint density at radius 1 is 1.47 bits per heavy atom. The standard InChI is InChI=1S/C12H12N2O2S/c1-7-4-3-5-8(6-7)10-9(11(15)16)14-12(13-2)17-10/h3-6H,1-2H3,(H,13,14)(H,15,16). The van der Waals surface area contributed by atoms with Crippen LogP contribution in [0, 0.1) is 6.92 Å². The molecule has 0 spiro atoms. The molecule has 2 aromatic rings. The fraction of sp³-hybridized carbons (Fsp3) is 0.167. The molecule has 0 saturated heterocycles. The summed E-state index contributed by atoms with van der Waals surface area (Å²) in [5, 5.41) is 12.6. The molecule has 17 heavy (non-hydrogen) atoms. The van der Waals surface area contributed by atoms with Crippen LogP contribution >= 0.6 is 11.3 Å². The Morgan fingerprint density at radius 2 is 2.24 bits per heavy atom. The number of benzene rings is 1. The molecule has 0 saturated carbocycles. The van der Waals surface area contributed by atoms with Gasteiger partial charge < -0.3 is 10.4 Å². The molecule has 88 valence electrons. The van der Waals surface area contributed by atoms with Gasteiger partial charge in [-0.2, -0.15) is 0 Å². The lowest BCUT2D eigenvalue weighted by molar-refractivity contribution is 0.0692. The molecule has 2 N–H and O–H groups in total. The van der Waals surface area contributed by atoms with Crippen LogP contribution in [0.3, 0.4) is 0 Å². The number of carbonyl (C=O) groups is 1.